The second kappa shape index (κ2) is 7.98. The number of rotatable bonds is 5. The van der Waals surface area contributed by atoms with Gasteiger partial charge in [-0.1, -0.05) is 48.9 Å². The quantitative estimate of drug-likeness (QED) is 0.439. The summed E-state index contributed by atoms with van der Waals surface area (Å²) in [7, 11) is 1.63. The highest BCUT2D eigenvalue weighted by Gasteiger charge is 2.55. The molecule has 5 heteroatoms. The topological polar surface area (TPSA) is 64.4 Å². The van der Waals surface area contributed by atoms with Gasteiger partial charge in [0.1, 0.15) is 11.7 Å². The molecule has 1 aliphatic heterocycles. The molecule has 2 aromatic carbocycles. The summed E-state index contributed by atoms with van der Waals surface area (Å²) in [4.78, 5) is 13.3. The van der Waals surface area contributed by atoms with Crippen LogP contribution in [0, 0.1) is 29.4 Å². The minimum absolute atomic E-state index is 0.0308. The maximum absolute atomic E-state index is 13.3. The molecule has 0 radical (unpaired) electrons. The molecule has 0 aromatic heterocycles. The molecule has 0 spiro atoms. The molecule has 0 fully saturated rings. The summed E-state index contributed by atoms with van der Waals surface area (Å²) < 4.78 is 5.87. The van der Waals surface area contributed by atoms with Crippen LogP contribution in [0.2, 0.25) is 0 Å². The van der Waals surface area contributed by atoms with Gasteiger partial charge in [-0.2, -0.15) is 0 Å². The number of ether oxygens (including phenoxy) is 1. The number of allylic oxidation sites excluding steroid dienone is 2. The highest BCUT2D eigenvalue weighted by Crippen LogP contribution is 2.50. The number of nitrogens with one attached hydrogen (secondary N) is 1. The number of hydrogen-bond donors (Lipinski definition) is 1. The molecule has 0 unspecified atom stereocenters. The molecule has 1 amide bonds. The zero-order chi connectivity index (χ0) is 21.3. The predicted octanol–water partition coefficient (Wildman–Crippen LogP) is 4.87. The third-order valence-electron chi connectivity index (χ3n) is 6.57. The molecule has 0 saturated heterocycles. The van der Waals surface area contributed by atoms with Crippen LogP contribution >= 0.6 is 0 Å². The van der Waals surface area contributed by atoms with Crippen LogP contribution in [0.25, 0.3) is 0 Å². The van der Waals surface area contributed by atoms with Crippen molar-refractivity contribution in [2.45, 2.75) is 32.7 Å². The van der Waals surface area contributed by atoms with Crippen LogP contribution in [0.5, 0.6) is 5.75 Å². The van der Waals surface area contributed by atoms with Crippen LogP contribution in [0.1, 0.15) is 36.9 Å². The first-order valence-electron chi connectivity index (χ1n) is 10.4. The Kier molecular flexibility index (Phi) is 5.37. The molecule has 1 aliphatic carbocycles. The van der Waals surface area contributed by atoms with Gasteiger partial charge in [0.15, 0.2) is 6.21 Å². The first-order chi connectivity index (χ1) is 14.4. The molecular formula is C25H28N2O3. The van der Waals surface area contributed by atoms with Crippen LogP contribution in [-0.4, -0.2) is 24.0 Å². The summed E-state index contributed by atoms with van der Waals surface area (Å²) in [6.07, 6.45) is 7.64. The number of carbonyl (C=O) groups is 1. The Morgan fingerprint density at radius 3 is 2.53 bits per heavy atom. The Labute approximate surface area is 177 Å². The number of methoxy groups -OCH3 is 1. The van der Waals surface area contributed by atoms with E-state index >= 15 is 0 Å². The second-order valence-electron chi connectivity index (χ2n) is 8.50. The van der Waals surface area contributed by atoms with Crippen molar-refractivity contribution in [3.63, 3.8) is 0 Å². The van der Waals surface area contributed by atoms with Crippen LogP contribution in [-0.2, 0) is 4.79 Å². The summed E-state index contributed by atoms with van der Waals surface area (Å²) in [5, 5.41) is 16.1. The largest absolute Gasteiger partial charge is 0.616 e. The average Bonchev–Trinajstić information content (AvgIpc) is 2.75. The molecule has 5 nitrogen and oxygen atoms in total. The SMILES string of the molecule is COc1ccc([C@@H](Nc2ccc(C)cc2)[C@@H]2C(=O)[N+]([O-])=C[C@@H]3CCC=C[C@@]32C)cc1. The third-order valence-corrected chi connectivity index (χ3v) is 6.57. The van der Waals surface area contributed by atoms with E-state index in [0.717, 1.165) is 35.4 Å². The Morgan fingerprint density at radius 1 is 1.17 bits per heavy atom. The Hall–Kier alpha value is -3.08. The maximum Gasteiger partial charge on any atom is 0.404 e. The van der Waals surface area contributed by atoms with E-state index in [4.69, 9.17) is 4.74 Å². The molecule has 4 atom stereocenters. The molecular weight excluding hydrogens is 376 g/mol. The smallest absolute Gasteiger partial charge is 0.404 e. The van der Waals surface area contributed by atoms with E-state index < -0.39 is 17.2 Å². The van der Waals surface area contributed by atoms with Crippen molar-refractivity contribution in [2.24, 2.45) is 17.3 Å². The Bertz CT molecular complexity index is 978. The summed E-state index contributed by atoms with van der Waals surface area (Å²) >= 11 is 0. The third kappa shape index (κ3) is 3.60. The minimum atomic E-state index is -0.531. The monoisotopic (exact) mass is 404 g/mol. The van der Waals surface area contributed by atoms with Gasteiger partial charge in [-0.25, -0.2) is 4.79 Å². The molecule has 156 valence electrons. The fraction of sp³-hybridized carbons (Fsp3) is 0.360. The number of nitrogens with zero attached hydrogens (tertiary/aromatic N) is 1. The standard InChI is InChI=1S/C25H28N2O3/c1-17-7-11-20(12-8-17)26-23(18-9-13-21(30-3)14-10-18)22-24(28)27(29)16-19-6-4-5-15-25(19,22)2/h5,7-16,19,22-23,26H,4,6H2,1-3H3/t19-,22+,23+,25-/m0/s1. The fourth-order valence-electron chi connectivity index (χ4n) is 4.76. The molecule has 2 aromatic rings. The first kappa shape index (κ1) is 20.2. The van der Waals surface area contributed by atoms with E-state index in [2.05, 4.69) is 24.4 Å². The summed E-state index contributed by atoms with van der Waals surface area (Å²) in [6.45, 7) is 4.14. The number of aryl methyl sites for hydroxylation is 1. The highest BCUT2D eigenvalue weighted by molar-refractivity contribution is 5.82. The van der Waals surface area contributed by atoms with Gasteiger partial charge in [-0.05, 0) is 49.6 Å². The lowest BCUT2D eigenvalue weighted by Crippen LogP contribution is -2.52. The van der Waals surface area contributed by atoms with Crippen LogP contribution in [0.3, 0.4) is 0 Å². The Balaban J connectivity index is 1.81. The lowest BCUT2D eigenvalue weighted by atomic mass is 9.60. The summed E-state index contributed by atoms with van der Waals surface area (Å²) in [5.41, 5.74) is 2.60. The number of benzene rings is 2. The van der Waals surface area contributed by atoms with E-state index in [9.17, 15) is 10.0 Å². The average molecular weight is 405 g/mol. The molecule has 4 rings (SSSR count). The van der Waals surface area contributed by atoms with E-state index in [0.29, 0.717) is 4.74 Å². The van der Waals surface area contributed by atoms with Crippen molar-refractivity contribution in [1.82, 2.24) is 0 Å². The number of hydroxylamine groups is 1. The number of amides is 1. The van der Waals surface area contributed by atoms with E-state index in [1.165, 1.54) is 0 Å². The molecule has 0 bridgehead atoms. The normalized spacial score (nSPS) is 26.5. The van der Waals surface area contributed by atoms with Gasteiger partial charge in [0.2, 0.25) is 0 Å². The zero-order valence-electron chi connectivity index (χ0n) is 17.7. The van der Waals surface area contributed by atoms with Crippen molar-refractivity contribution in [2.75, 3.05) is 12.4 Å². The van der Waals surface area contributed by atoms with Gasteiger partial charge >= 0.3 is 5.91 Å². The number of fused-ring (bicyclic) bond motifs is 1. The first-order valence-corrected chi connectivity index (χ1v) is 10.4. The van der Waals surface area contributed by atoms with E-state index in [1.54, 1.807) is 13.3 Å². The van der Waals surface area contributed by atoms with Crippen LogP contribution in [0.4, 0.5) is 5.69 Å². The summed E-state index contributed by atoms with van der Waals surface area (Å²) in [6, 6.07) is 15.5. The van der Waals surface area contributed by atoms with E-state index in [1.807, 2.05) is 55.5 Å². The van der Waals surface area contributed by atoms with Gasteiger partial charge in [0.25, 0.3) is 0 Å². The fourth-order valence-corrected chi connectivity index (χ4v) is 4.76. The number of anilines is 1. The molecule has 2 aliphatic rings. The number of carbonyl (C=O) groups excluding carboxylic acids is 1. The second-order valence-corrected chi connectivity index (χ2v) is 8.50. The molecule has 30 heavy (non-hydrogen) atoms. The lowest BCUT2D eigenvalue weighted by Gasteiger charge is -2.45. The number of hydrogen-bond acceptors (Lipinski definition) is 4. The van der Waals surface area contributed by atoms with Gasteiger partial charge in [-0.15, -0.1) is 4.74 Å². The molecule has 1 heterocycles. The van der Waals surface area contributed by atoms with Crippen molar-refractivity contribution in [3.8, 4) is 5.75 Å². The van der Waals surface area contributed by atoms with Crippen LogP contribution in [0.15, 0.2) is 60.7 Å². The maximum atomic E-state index is 13.3. The lowest BCUT2D eigenvalue weighted by molar-refractivity contribution is -0.395. The minimum Gasteiger partial charge on any atom is -0.616 e. The molecule has 0 saturated carbocycles. The van der Waals surface area contributed by atoms with Gasteiger partial charge < -0.3 is 15.3 Å². The predicted molar refractivity (Wildman–Crippen MR) is 119 cm³/mol. The van der Waals surface area contributed by atoms with Crippen molar-refractivity contribution >= 4 is 17.8 Å². The van der Waals surface area contributed by atoms with Gasteiger partial charge in [0.05, 0.1) is 13.2 Å². The zero-order valence-corrected chi connectivity index (χ0v) is 17.7. The summed E-state index contributed by atoms with van der Waals surface area (Å²) in [5.74, 6) is -0.150. The van der Waals surface area contributed by atoms with Gasteiger partial charge in [0, 0.05) is 17.0 Å². The van der Waals surface area contributed by atoms with Gasteiger partial charge in [-0.3, -0.25) is 0 Å². The van der Waals surface area contributed by atoms with E-state index in [-0.39, 0.29) is 12.0 Å². The Morgan fingerprint density at radius 2 is 1.87 bits per heavy atom. The van der Waals surface area contributed by atoms with Crippen molar-refractivity contribution < 1.29 is 14.3 Å². The van der Waals surface area contributed by atoms with Crippen LogP contribution < -0.4 is 10.1 Å². The van der Waals surface area contributed by atoms with Crippen molar-refractivity contribution in [1.29, 1.82) is 0 Å². The molecule has 1 N–H and O–H groups in total. The van der Waals surface area contributed by atoms with Crippen molar-refractivity contribution in [3.05, 3.63) is 77.0 Å². The highest BCUT2D eigenvalue weighted by atomic mass is 16.5.